The number of amides is 2. The summed E-state index contributed by atoms with van der Waals surface area (Å²) < 4.78 is 144. The summed E-state index contributed by atoms with van der Waals surface area (Å²) in [6.07, 6.45) is -5.58. The molecule has 0 radical (unpaired) electrons. The van der Waals surface area contributed by atoms with E-state index in [2.05, 4.69) is 26.3 Å². The quantitative estimate of drug-likeness (QED) is 0.0603. The van der Waals surface area contributed by atoms with E-state index in [9.17, 15) is 52.8 Å². The molecule has 6 aromatic rings. The van der Waals surface area contributed by atoms with Gasteiger partial charge in [0.05, 0.1) is 32.9 Å². The van der Waals surface area contributed by atoms with Crippen LogP contribution in [0, 0.1) is 0 Å². The van der Waals surface area contributed by atoms with Gasteiger partial charge in [-0.15, -0.1) is 22.7 Å². The van der Waals surface area contributed by atoms with Gasteiger partial charge in [-0.2, -0.15) is 35.0 Å². The first-order valence-electron chi connectivity index (χ1n) is 23.8. The molecule has 15 nitrogen and oxygen atoms in total. The maximum Gasteiger partial charge on any atom is 0.433 e. The summed E-state index contributed by atoms with van der Waals surface area (Å²) in [5.74, 6) is 0.544. The van der Waals surface area contributed by atoms with E-state index < -0.39 is 43.7 Å². The van der Waals surface area contributed by atoms with E-state index in [1.54, 1.807) is 72.8 Å². The predicted octanol–water partition coefficient (Wildman–Crippen LogP) is 8.69. The largest absolute Gasteiger partial charge is 0.497 e. The molecule has 25 heteroatoms. The lowest BCUT2D eigenvalue weighted by Gasteiger charge is -2.31. The molecule has 0 spiro atoms. The molecule has 0 unspecified atom stereocenters. The zero-order valence-corrected chi connectivity index (χ0v) is 44.4. The number of rotatable bonds is 18. The Morgan fingerprint density at radius 1 is 0.592 bits per heavy atom. The summed E-state index contributed by atoms with van der Waals surface area (Å²) in [5, 5.41) is 12.0. The Morgan fingerprint density at radius 2 is 1.07 bits per heavy atom. The number of benzene rings is 3. The molecule has 3 aromatic carbocycles. The third-order valence-electron chi connectivity index (χ3n) is 12.5. The van der Waals surface area contributed by atoms with Crippen LogP contribution < -0.4 is 30.7 Å². The van der Waals surface area contributed by atoms with Crippen molar-refractivity contribution in [2.45, 2.75) is 84.7 Å². The molecule has 8 rings (SSSR count). The molecule has 2 aliphatic heterocycles. The van der Waals surface area contributed by atoms with E-state index in [1.807, 2.05) is 0 Å². The van der Waals surface area contributed by atoms with Crippen molar-refractivity contribution < 1.29 is 62.2 Å². The lowest BCUT2D eigenvalue weighted by Crippen LogP contribution is -2.44. The Labute approximate surface area is 444 Å². The van der Waals surface area contributed by atoms with E-state index in [1.165, 1.54) is 53.3 Å². The fourth-order valence-corrected chi connectivity index (χ4v) is 14.1. The van der Waals surface area contributed by atoms with Crippen LogP contribution in [0.15, 0.2) is 124 Å². The highest BCUT2D eigenvalue weighted by Crippen LogP contribution is 2.33. The Bertz CT molecular complexity index is 3140. The third kappa shape index (κ3) is 15.4. The molecule has 2 amide bonds. The van der Waals surface area contributed by atoms with Gasteiger partial charge in [-0.25, -0.2) is 16.8 Å². The summed E-state index contributed by atoms with van der Waals surface area (Å²) in [4.78, 5) is 29.7. The molecule has 2 saturated heterocycles. The lowest BCUT2D eigenvalue weighted by molar-refractivity contribution is -0.141. The summed E-state index contributed by atoms with van der Waals surface area (Å²) in [6.45, 7) is 1.96. The number of aromatic nitrogens is 1. The Balaban J connectivity index is 0.000000221. The molecular weight excluding hydrogens is 1080 g/mol. The third-order valence-corrected chi connectivity index (χ3v) is 19.4. The van der Waals surface area contributed by atoms with Crippen LogP contribution in [0.5, 0.6) is 11.5 Å². The fraction of sp³-hybridized carbons (Fsp3) is 0.353. The lowest BCUT2D eigenvalue weighted by atomic mass is 10.0. The number of thiophene rings is 2. The van der Waals surface area contributed by atoms with Gasteiger partial charge < -0.3 is 30.7 Å². The molecule has 0 bridgehead atoms. The van der Waals surface area contributed by atoms with E-state index >= 15 is 0 Å². The van der Waals surface area contributed by atoms with Crippen molar-refractivity contribution in [3.63, 3.8) is 0 Å². The SMILES string of the molecule is COc1cccc(C(=O)NCc2ccc(S(=O)(=O)N3CCC(NCc4ccc(C(F)(F)F)nc4)CC3)s2)c1.COc1cccc(C(=O)NCc2ccc(S(=O)(=O)N3CCC(NCc4ccccc4C(F)(F)F)CC3)s2)c1. The highest BCUT2D eigenvalue weighted by molar-refractivity contribution is 7.91. The first-order chi connectivity index (χ1) is 36.1. The van der Waals surface area contributed by atoms with Crippen LogP contribution >= 0.6 is 22.7 Å². The van der Waals surface area contributed by atoms with Crippen LogP contribution in [-0.2, 0) is 58.6 Å². The van der Waals surface area contributed by atoms with Gasteiger partial charge in [0.15, 0.2) is 0 Å². The number of sulfonamides is 2. The highest BCUT2D eigenvalue weighted by atomic mass is 32.3. The molecule has 2 fully saturated rings. The molecule has 5 heterocycles. The van der Waals surface area contributed by atoms with Gasteiger partial charge in [0, 0.05) is 78.4 Å². The van der Waals surface area contributed by atoms with Gasteiger partial charge in [0.2, 0.25) is 0 Å². The van der Waals surface area contributed by atoms with Gasteiger partial charge in [0.25, 0.3) is 31.9 Å². The maximum absolute atomic E-state index is 13.2. The zero-order valence-electron chi connectivity index (χ0n) is 41.1. The van der Waals surface area contributed by atoms with E-state index in [-0.39, 0.29) is 70.6 Å². The fourth-order valence-electron chi connectivity index (χ4n) is 8.27. The van der Waals surface area contributed by atoms with Crippen molar-refractivity contribution in [1.29, 1.82) is 0 Å². The highest BCUT2D eigenvalue weighted by Gasteiger charge is 2.35. The second-order valence-electron chi connectivity index (χ2n) is 17.6. The van der Waals surface area contributed by atoms with E-state index in [4.69, 9.17) is 9.47 Å². The number of nitrogens with zero attached hydrogens (tertiary/aromatic N) is 3. The second kappa shape index (κ2) is 25.5. The van der Waals surface area contributed by atoms with Crippen LogP contribution in [0.2, 0.25) is 0 Å². The van der Waals surface area contributed by atoms with Crippen molar-refractivity contribution in [3.8, 4) is 11.5 Å². The molecule has 0 saturated carbocycles. The van der Waals surface area contributed by atoms with Crippen LogP contribution in [0.1, 0.15) is 78.5 Å². The number of methoxy groups -OCH3 is 2. The summed E-state index contributed by atoms with van der Waals surface area (Å²) in [7, 11) is -4.35. The molecule has 0 atom stereocenters. The standard InChI is InChI=1S/C26H28F3N3O4S2.C25H27F3N4O4S2/c1-36-21-7-4-6-18(15-21)25(33)31-17-22-9-10-24(37-22)38(34,35)32-13-11-20(12-14-32)30-16-19-5-2-3-8-23(19)26(27,28)29;1-36-20-4-2-3-18(13-20)24(33)31-16-21-6-8-23(37-21)38(34,35)32-11-9-19(10-12-32)29-14-17-5-7-22(30-15-17)25(26,27)28/h2-10,15,20,30H,11-14,16-17H2,1H3,(H,31,33);2-8,13,15,19,29H,9-12,14,16H2,1H3,(H,31,33). The van der Waals surface area contributed by atoms with Crippen LogP contribution in [0.25, 0.3) is 0 Å². The number of alkyl halides is 6. The van der Waals surface area contributed by atoms with Crippen molar-refractivity contribution in [2.24, 2.45) is 0 Å². The molecule has 76 heavy (non-hydrogen) atoms. The monoisotopic (exact) mass is 1140 g/mol. The number of pyridine rings is 1. The number of carbonyl (C=O) groups is 2. The van der Waals surface area contributed by atoms with E-state index in [0.717, 1.165) is 34.8 Å². The predicted molar refractivity (Wildman–Crippen MR) is 275 cm³/mol. The number of hydrogen-bond acceptors (Lipinski definition) is 13. The number of piperidine rings is 2. The normalized spacial score (nSPS) is 15.4. The Kier molecular flexibility index (Phi) is 19.4. The van der Waals surface area contributed by atoms with Crippen molar-refractivity contribution in [1.82, 2.24) is 34.9 Å². The van der Waals surface area contributed by atoms with Crippen LogP contribution in [0.4, 0.5) is 26.3 Å². The number of nitrogens with one attached hydrogen (secondary N) is 4. The Morgan fingerprint density at radius 3 is 1.50 bits per heavy atom. The molecule has 408 valence electrons. The minimum Gasteiger partial charge on any atom is -0.497 e. The number of hydrogen-bond donors (Lipinski definition) is 4. The smallest absolute Gasteiger partial charge is 0.433 e. The van der Waals surface area contributed by atoms with Crippen molar-refractivity contribution >= 4 is 54.5 Å². The van der Waals surface area contributed by atoms with Crippen LogP contribution in [0.3, 0.4) is 0 Å². The van der Waals surface area contributed by atoms with E-state index in [0.29, 0.717) is 83.3 Å². The maximum atomic E-state index is 13.2. The minimum atomic E-state index is -4.47. The van der Waals surface area contributed by atoms with Crippen LogP contribution in [-0.4, -0.2) is 94.7 Å². The van der Waals surface area contributed by atoms with Gasteiger partial charge in [0.1, 0.15) is 25.6 Å². The van der Waals surface area contributed by atoms with Gasteiger partial charge >= 0.3 is 12.4 Å². The summed E-state index contributed by atoms with van der Waals surface area (Å²) >= 11 is 2.22. The summed E-state index contributed by atoms with van der Waals surface area (Å²) in [5.41, 5.74) is 0.0701. The molecule has 0 aliphatic carbocycles. The number of carbonyl (C=O) groups excluding carboxylic acids is 2. The number of ether oxygens (including phenoxy) is 2. The average molecular weight is 1140 g/mol. The van der Waals surface area contributed by atoms with Crippen molar-refractivity contribution in [2.75, 3.05) is 40.4 Å². The first-order valence-corrected chi connectivity index (χ1v) is 28.3. The van der Waals surface area contributed by atoms with Crippen molar-refractivity contribution in [3.05, 3.63) is 159 Å². The van der Waals surface area contributed by atoms with Gasteiger partial charge in [-0.05, 0) is 110 Å². The second-order valence-corrected chi connectivity index (χ2v) is 24.3. The first kappa shape index (κ1) is 57.8. The number of halogens is 6. The molecule has 4 N–H and O–H groups in total. The zero-order chi connectivity index (χ0) is 54.7. The van der Waals surface area contributed by atoms with Gasteiger partial charge in [-0.1, -0.05) is 36.4 Å². The van der Waals surface area contributed by atoms with Gasteiger partial charge in [-0.3, -0.25) is 14.6 Å². The molecular formula is C51H55F6N7O8S4. The molecule has 3 aromatic heterocycles. The minimum absolute atomic E-state index is 0.0365. The topological polar surface area (TPSA) is 188 Å². The average Bonchev–Trinajstić information content (AvgIpc) is 4.13. The Hall–Kier alpha value is -5.93. The summed E-state index contributed by atoms with van der Waals surface area (Å²) in [6, 6.07) is 27.6. The molecule has 2 aliphatic rings.